The molecule has 19 heavy (non-hydrogen) atoms. The zero-order valence-electron chi connectivity index (χ0n) is 9.76. The number of benzene rings is 1. The first kappa shape index (κ1) is 13.8. The Kier molecular flexibility index (Phi) is 4.04. The van der Waals surface area contributed by atoms with E-state index in [0.29, 0.717) is 5.02 Å². The Hall–Kier alpha value is -1.63. The summed E-state index contributed by atoms with van der Waals surface area (Å²) in [5.41, 5.74) is 0.439. The van der Waals surface area contributed by atoms with E-state index in [0.717, 1.165) is 17.8 Å². The maximum atomic E-state index is 11.9. The Morgan fingerprint density at radius 2 is 1.79 bits per heavy atom. The van der Waals surface area contributed by atoms with E-state index in [2.05, 4.69) is 9.71 Å². The third-order valence-electron chi connectivity index (χ3n) is 2.45. The van der Waals surface area contributed by atoms with Gasteiger partial charge in [-0.15, -0.1) is 0 Å². The Labute approximate surface area is 115 Å². The fraction of sp³-hybridized carbons (Fsp3) is 0.0833. The molecular formula is C12H11ClN2O3S. The van der Waals surface area contributed by atoms with Crippen molar-refractivity contribution in [2.24, 2.45) is 0 Å². The molecule has 2 N–H and O–H groups in total. The van der Waals surface area contributed by atoms with E-state index in [4.69, 9.17) is 11.6 Å². The van der Waals surface area contributed by atoms with Gasteiger partial charge < -0.3 is 4.98 Å². The molecule has 0 bridgehead atoms. The normalized spacial score (nSPS) is 11.4. The maximum absolute atomic E-state index is 11.9. The summed E-state index contributed by atoms with van der Waals surface area (Å²) in [6.07, 6.45) is 1.16. The van der Waals surface area contributed by atoms with Gasteiger partial charge in [-0.2, -0.15) is 0 Å². The van der Waals surface area contributed by atoms with Gasteiger partial charge >= 0.3 is 0 Å². The van der Waals surface area contributed by atoms with Gasteiger partial charge in [-0.25, -0.2) is 13.1 Å². The van der Waals surface area contributed by atoms with Gasteiger partial charge in [0.15, 0.2) is 0 Å². The third kappa shape index (κ3) is 3.66. The quantitative estimate of drug-likeness (QED) is 0.898. The van der Waals surface area contributed by atoms with Crippen LogP contribution in [-0.2, 0) is 16.6 Å². The minimum Gasteiger partial charge on any atom is -0.328 e. The van der Waals surface area contributed by atoms with Crippen molar-refractivity contribution in [2.75, 3.05) is 0 Å². The summed E-state index contributed by atoms with van der Waals surface area (Å²) in [6, 6.07) is 9.26. The highest BCUT2D eigenvalue weighted by molar-refractivity contribution is 7.89. The number of pyridine rings is 1. The van der Waals surface area contributed by atoms with E-state index in [9.17, 15) is 13.2 Å². The molecule has 100 valence electrons. The molecule has 1 aromatic carbocycles. The van der Waals surface area contributed by atoms with Crippen LogP contribution >= 0.6 is 11.6 Å². The fourth-order valence-corrected chi connectivity index (χ4v) is 2.54. The predicted molar refractivity (Wildman–Crippen MR) is 72.5 cm³/mol. The number of hydrogen-bond donors (Lipinski definition) is 2. The molecule has 5 nitrogen and oxygen atoms in total. The fourth-order valence-electron chi connectivity index (χ4n) is 1.43. The highest BCUT2D eigenvalue weighted by Crippen LogP contribution is 2.10. The van der Waals surface area contributed by atoms with Crippen molar-refractivity contribution < 1.29 is 8.42 Å². The Bertz CT molecular complexity index is 703. The van der Waals surface area contributed by atoms with Gasteiger partial charge in [-0.1, -0.05) is 23.7 Å². The Balaban J connectivity index is 2.11. The number of hydrogen-bond acceptors (Lipinski definition) is 3. The van der Waals surface area contributed by atoms with Crippen molar-refractivity contribution in [3.05, 3.63) is 63.5 Å². The second-order valence-corrected chi connectivity index (χ2v) is 6.04. The predicted octanol–water partition coefficient (Wildman–Crippen LogP) is 1.51. The average molecular weight is 299 g/mol. The highest BCUT2D eigenvalue weighted by atomic mass is 35.5. The van der Waals surface area contributed by atoms with Crippen molar-refractivity contribution >= 4 is 21.6 Å². The van der Waals surface area contributed by atoms with E-state index in [-0.39, 0.29) is 17.0 Å². The molecule has 0 aliphatic heterocycles. The molecule has 0 aliphatic rings. The van der Waals surface area contributed by atoms with Gasteiger partial charge in [0, 0.05) is 23.8 Å². The third-order valence-corrected chi connectivity index (χ3v) is 4.10. The molecule has 1 heterocycles. The lowest BCUT2D eigenvalue weighted by atomic mass is 10.2. The summed E-state index contributed by atoms with van der Waals surface area (Å²) < 4.78 is 26.3. The van der Waals surface area contributed by atoms with E-state index < -0.39 is 10.0 Å². The van der Waals surface area contributed by atoms with Crippen LogP contribution in [0.15, 0.2) is 52.3 Å². The molecule has 0 unspecified atom stereocenters. The molecule has 0 atom stereocenters. The molecule has 0 spiro atoms. The summed E-state index contributed by atoms with van der Waals surface area (Å²) in [5.74, 6) is 0. The van der Waals surface area contributed by atoms with E-state index in [1.54, 1.807) is 24.3 Å². The molecule has 0 radical (unpaired) electrons. The van der Waals surface area contributed by atoms with Crippen LogP contribution in [0.25, 0.3) is 0 Å². The van der Waals surface area contributed by atoms with Crippen LogP contribution < -0.4 is 10.3 Å². The largest absolute Gasteiger partial charge is 0.328 e. The van der Waals surface area contributed by atoms with Gasteiger partial charge in [0.05, 0.1) is 4.90 Å². The smallest absolute Gasteiger partial charge is 0.247 e. The Morgan fingerprint density at radius 1 is 1.11 bits per heavy atom. The zero-order valence-corrected chi connectivity index (χ0v) is 11.3. The van der Waals surface area contributed by atoms with Gasteiger partial charge in [0.1, 0.15) is 0 Å². The van der Waals surface area contributed by atoms with E-state index in [1.807, 2.05) is 0 Å². The summed E-state index contributed by atoms with van der Waals surface area (Å²) in [4.78, 5) is 13.2. The van der Waals surface area contributed by atoms with Gasteiger partial charge in [-0.05, 0) is 23.8 Å². The standard InChI is InChI=1S/C12H11ClN2O3S/c13-10-3-1-9(2-4-10)7-15-19(17,18)11-5-6-12(16)14-8-11/h1-6,8,15H,7H2,(H,14,16). The van der Waals surface area contributed by atoms with E-state index >= 15 is 0 Å². The number of aromatic nitrogens is 1. The van der Waals surface area contributed by atoms with Crippen molar-refractivity contribution in [1.29, 1.82) is 0 Å². The van der Waals surface area contributed by atoms with Gasteiger partial charge in [-0.3, -0.25) is 4.79 Å². The number of halogens is 1. The van der Waals surface area contributed by atoms with E-state index in [1.165, 1.54) is 6.07 Å². The topological polar surface area (TPSA) is 79.0 Å². The van der Waals surface area contributed by atoms with Crippen LogP contribution in [0.3, 0.4) is 0 Å². The van der Waals surface area contributed by atoms with Gasteiger partial charge in [0.2, 0.25) is 15.6 Å². The minimum atomic E-state index is -3.64. The first-order valence-corrected chi connectivity index (χ1v) is 7.26. The molecule has 0 aliphatic carbocycles. The number of rotatable bonds is 4. The molecule has 7 heteroatoms. The number of aromatic amines is 1. The van der Waals surface area contributed by atoms with Gasteiger partial charge in [0.25, 0.3) is 0 Å². The minimum absolute atomic E-state index is 0.0149. The Morgan fingerprint density at radius 3 is 2.37 bits per heavy atom. The van der Waals surface area contributed by atoms with Crippen LogP contribution in [0, 0.1) is 0 Å². The molecule has 0 saturated heterocycles. The van der Waals surface area contributed by atoms with Crippen molar-refractivity contribution in [3.8, 4) is 0 Å². The van der Waals surface area contributed by atoms with Crippen LogP contribution in [0.1, 0.15) is 5.56 Å². The molecule has 0 saturated carbocycles. The summed E-state index contributed by atoms with van der Waals surface area (Å²) >= 11 is 5.74. The molecule has 1 aromatic heterocycles. The van der Waals surface area contributed by atoms with Crippen LogP contribution in [0.2, 0.25) is 5.02 Å². The van der Waals surface area contributed by atoms with Crippen LogP contribution in [-0.4, -0.2) is 13.4 Å². The second kappa shape index (κ2) is 5.56. The molecule has 0 fully saturated rings. The zero-order chi connectivity index (χ0) is 13.9. The number of H-pyrrole nitrogens is 1. The SMILES string of the molecule is O=c1ccc(S(=O)(=O)NCc2ccc(Cl)cc2)c[nH]1. The molecule has 0 amide bonds. The lowest BCUT2D eigenvalue weighted by Crippen LogP contribution is -2.24. The second-order valence-electron chi connectivity index (χ2n) is 3.84. The van der Waals surface area contributed by atoms with Crippen molar-refractivity contribution in [3.63, 3.8) is 0 Å². The lowest BCUT2D eigenvalue weighted by molar-refractivity contribution is 0.581. The maximum Gasteiger partial charge on any atom is 0.247 e. The highest BCUT2D eigenvalue weighted by Gasteiger charge is 2.13. The number of nitrogens with one attached hydrogen (secondary N) is 2. The monoisotopic (exact) mass is 298 g/mol. The molecule has 2 aromatic rings. The average Bonchev–Trinajstić information content (AvgIpc) is 2.39. The van der Waals surface area contributed by atoms with Crippen LogP contribution in [0.4, 0.5) is 0 Å². The summed E-state index contributed by atoms with van der Waals surface area (Å²) in [6.45, 7) is 0.151. The molecular weight excluding hydrogens is 288 g/mol. The van der Waals surface area contributed by atoms with Crippen molar-refractivity contribution in [1.82, 2.24) is 9.71 Å². The van der Waals surface area contributed by atoms with Crippen LogP contribution in [0.5, 0.6) is 0 Å². The summed E-state index contributed by atoms with van der Waals surface area (Å²) in [5, 5.41) is 0.590. The summed E-state index contributed by atoms with van der Waals surface area (Å²) in [7, 11) is -3.64. The lowest BCUT2D eigenvalue weighted by Gasteiger charge is -2.06. The first-order valence-electron chi connectivity index (χ1n) is 5.40. The molecule has 2 rings (SSSR count). The van der Waals surface area contributed by atoms with Crippen molar-refractivity contribution in [2.45, 2.75) is 11.4 Å². The number of sulfonamides is 1. The first-order chi connectivity index (χ1) is 8.97.